The molecule has 4 nitrogen and oxygen atoms in total. The standard InChI is InChI=1S/C26H19N3OS/c1-30-19-13-14-20-21(15-19)23-24(17-9-5-3-6-10-17)28-29(18-11-7-4-8-12-18)25(23)22(16-27)26(20)31-2/h3-15H,1-2H3. The third-order valence-corrected chi connectivity index (χ3v) is 6.29. The van der Waals surface area contributed by atoms with Crippen molar-refractivity contribution in [2.45, 2.75) is 4.90 Å². The minimum absolute atomic E-state index is 0.638. The van der Waals surface area contributed by atoms with Gasteiger partial charge in [0.05, 0.1) is 23.9 Å². The van der Waals surface area contributed by atoms with Crippen LogP contribution in [0.3, 0.4) is 0 Å². The highest BCUT2D eigenvalue weighted by atomic mass is 32.2. The molecule has 31 heavy (non-hydrogen) atoms. The molecule has 1 heterocycles. The van der Waals surface area contributed by atoms with Gasteiger partial charge in [-0.05, 0) is 47.4 Å². The first-order valence-corrected chi connectivity index (χ1v) is 11.1. The maximum absolute atomic E-state index is 10.2. The van der Waals surface area contributed by atoms with Gasteiger partial charge >= 0.3 is 0 Å². The zero-order valence-electron chi connectivity index (χ0n) is 17.2. The van der Waals surface area contributed by atoms with Gasteiger partial charge in [-0.25, -0.2) is 4.68 Å². The Bertz CT molecular complexity index is 1450. The quantitative estimate of drug-likeness (QED) is 0.313. The Morgan fingerprint density at radius 2 is 1.65 bits per heavy atom. The van der Waals surface area contributed by atoms with Crippen molar-refractivity contribution >= 4 is 33.4 Å². The van der Waals surface area contributed by atoms with E-state index in [1.54, 1.807) is 18.9 Å². The van der Waals surface area contributed by atoms with Crippen LogP contribution in [0.5, 0.6) is 5.75 Å². The van der Waals surface area contributed by atoms with Gasteiger partial charge in [0.2, 0.25) is 0 Å². The van der Waals surface area contributed by atoms with Gasteiger partial charge in [0, 0.05) is 15.8 Å². The molecule has 0 amide bonds. The van der Waals surface area contributed by atoms with Gasteiger partial charge in [0.15, 0.2) is 0 Å². The lowest BCUT2D eigenvalue weighted by molar-refractivity contribution is 0.415. The van der Waals surface area contributed by atoms with Crippen molar-refractivity contribution in [1.29, 1.82) is 5.26 Å². The summed E-state index contributed by atoms with van der Waals surface area (Å²) in [4.78, 5) is 0.948. The van der Waals surface area contributed by atoms with E-state index in [4.69, 9.17) is 9.84 Å². The van der Waals surface area contributed by atoms with Crippen molar-refractivity contribution in [2.24, 2.45) is 0 Å². The molecule has 0 atom stereocenters. The molecule has 5 heteroatoms. The predicted molar refractivity (Wildman–Crippen MR) is 127 cm³/mol. The summed E-state index contributed by atoms with van der Waals surface area (Å²) < 4.78 is 7.44. The van der Waals surface area contributed by atoms with Crippen LogP contribution >= 0.6 is 11.8 Å². The van der Waals surface area contributed by atoms with Gasteiger partial charge in [0.25, 0.3) is 0 Å². The molecule has 150 valence electrons. The maximum Gasteiger partial charge on any atom is 0.119 e. The number of ether oxygens (including phenoxy) is 1. The lowest BCUT2D eigenvalue weighted by atomic mass is 9.98. The minimum atomic E-state index is 0.638. The number of fused-ring (bicyclic) bond motifs is 3. The normalized spacial score (nSPS) is 11.0. The molecule has 0 fully saturated rings. The largest absolute Gasteiger partial charge is 0.497 e. The third kappa shape index (κ3) is 3.04. The highest BCUT2D eigenvalue weighted by molar-refractivity contribution is 7.98. The second-order valence-corrected chi connectivity index (χ2v) is 7.93. The van der Waals surface area contributed by atoms with E-state index in [-0.39, 0.29) is 0 Å². The van der Waals surface area contributed by atoms with Gasteiger partial charge in [-0.15, -0.1) is 11.8 Å². The zero-order chi connectivity index (χ0) is 21.4. The summed E-state index contributed by atoms with van der Waals surface area (Å²) in [6.07, 6.45) is 2.01. The molecular formula is C26H19N3OS. The summed E-state index contributed by atoms with van der Waals surface area (Å²) in [5.41, 5.74) is 4.23. The lowest BCUT2D eigenvalue weighted by Gasteiger charge is -2.12. The van der Waals surface area contributed by atoms with E-state index in [0.29, 0.717) is 5.56 Å². The van der Waals surface area contributed by atoms with Crippen LogP contribution < -0.4 is 4.74 Å². The number of para-hydroxylation sites is 1. The summed E-state index contributed by atoms with van der Waals surface area (Å²) in [7, 11) is 1.67. The van der Waals surface area contributed by atoms with Gasteiger partial charge in [-0.1, -0.05) is 48.5 Å². The van der Waals surface area contributed by atoms with E-state index in [1.165, 1.54) is 0 Å². The molecule has 0 saturated heterocycles. The fourth-order valence-corrected chi connectivity index (χ4v) is 4.82. The van der Waals surface area contributed by atoms with E-state index in [1.807, 2.05) is 77.7 Å². The van der Waals surface area contributed by atoms with Crippen LogP contribution in [-0.4, -0.2) is 23.1 Å². The Hall–Kier alpha value is -3.75. The van der Waals surface area contributed by atoms with E-state index in [0.717, 1.165) is 49.3 Å². The Morgan fingerprint density at radius 1 is 0.935 bits per heavy atom. The predicted octanol–water partition coefficient (Wildman–Crippen LogP) is 6.45. The summed E-state index contributed by atoms with van der Waals surface area (Å²) in [6.45, 7) is 0. The second kappa shape index (κ2) is 7.82. The molecule has 4 aromatic carbocycles. The van der Waals surface area contributed by atoms with Crippen LogP contribution in [0.2, 0.25) is 0 Å². The topological polar surface area (TPSA) is 50.8 Å². The molecule has 0 unspecified atom stereocenters. The Kier molecular flexibility index (Phi) is 4.85. The molecule has 0 bridgehead atoms. The van der Waals surface area contributed by atoms with E-state index >= 15 is 0 Å². The van der Waals surface area contributed by atoms with Crippen LogP contribution in [0, 0.1) is 11.3 Å². The summed E-state index contributed by atoms with van der Waals surface area (Å²) in [5, 5.41) is 18.3. The highest BCUT2D eigenvalue weighted by Gasteiger charge is 2.23. The van der Waals surface area contributed by atoms with Gasteiger partial charge < -0.3 is 4.74 Å². The highest BCUT2D eigenvalue weighted by Crippen LogP contribution is 2.43. The Morgan fingerprint density at radius 3 is 2.29 bits per heavy atom. The molecule has 0 saturated carbocycles. The molecule has 0 aliphatic carbocycles. The molecule has 0 spiro atoms. The monoisotopic (exact) mass is 421 g/mol. The van der Waals surface area contributed by atoms with Crippen LogP contribution in [0.15, 0.2) is 83.8 Å². The van der Waals surface area contributed by atoms with Gasteiger partial charge in [0.1, 0.15) is 17.5 Å². The number of benzene rings is 4. The Balaban J connectivity index is 2.05. The smallest absolute Gasteiger partial charge is 0.119 e. The molecular weight excluding hydrogens is 402 g/mol. The van der Waals surface area contributed by atoms with Crippen LogP contribution in [0.1, 0.15) is 5.56 Å². The summed E-state index contributed by atoms with van der Waals surface area (Å²) >= 11 is 1.58. The van der Waals surface area contributed by atoms with Gasteiger partial charge in [-0.2, -0.15) is 10.4 Å². The third-order valence-electron chi connectivity index (χ3n) is 5.45. The van der Waals surface area contributed by atoms with Crippen molar-refractivity contribution in [1.82, 2.24) is 9.78 Å². The fourth-order valence-electron chi connectivity index (χ4n) is 4.07. The first-order valence-electron chi connectivity index (χ1n) is 9.88. The summed E-state index contributed by atoms with van der Waals surface area (Å²) in [6, 6.07) is 28.6. The SMILES string of the molecule is COc1ccc2c(SC)c(C#N)c3c(c(-c4ccccc4)nn3-c3ccccc3)c2c1. The molecule has 5 rings (SSSR count). The van der Waals surface area contributed by atoms with Crippen molar-refractivity contribution in [3.05, 3.63) is 84.4 Å². The van der Waals surface area contributed by atoms with E-state index < -0.39 is 0 Å². The van der Waals surface area contributed by atoms with Crippen LogP contribution in [0.4, 0.5) is 0 Å². The van der Waals surface area contributed by atoms with Crippen LogP contribution in [-0.2, 0) is 0 Å². The lowest BCUT2D eigenvalue weighted by Crippen LogP contribution is -1.99. The zero-order valence-corrected chi connectivity index (χ0v) is 18.0. The molecule has 0 N–H and O–H groups in total. The Labute approximate surface area is 184 Å². The fraction of sp³-hybridized carbons (Fsp3) is 0.0769. The van der Waals surface area contributed by atoms with E-state index in [9.17, 15) is 5.26 Å². The minimum Gasteiger partial charge on any atom is -0.497 e. The van der Waals surface area contributed by atoms with E-state index in [2.05, 4.69) is 18.2 Å². The number of aromatic nitrogens is 2. The molecule has 0 aliphatic rings. The first kappa shape index (κ1) is 19.2. The van der Waals surface area contributed by atoms with Crippen molar-refractivity contribution < 1.29 is 4.74 Å². The molecule has 0 radical (unpaired) electrons. The van der Waals surface area contributed by atoms with Crippen molar-refractivity contribution in [3.8, 4) is 28.8 Å². The summed E-state index contributed by atoms with van der Waals surface area (Å²) in [5.74, 6) is 0.775. The number of thioether (sulfide) groups is 1. The molecule has 1 aromatic heterocycles. The second-order valence-electron chi connectivity index (χ2n) is 7.12. The average molecular weight is 422 g/mol. The number of rotatable bonds is 4. The molecule has 0 aliphatic heterocycles. The number of nitrogens with zero attached hydrogens (tertiary/aromatic N) is 3. The number of hydrogen-bond donors (Lipinski definition) is 0. The van der Waals surface area contributed by atoms with Gasteiger partial charge in [-0.3, -0.25) is 0 Å². The van der Waals surface area contributed by atoms with Crippen molar-refractivity contribution in [2.75, 3.05) is 13.4 Å². The average Bonchev–Trinajstić information content (AvgIpc) is 3.24. The number of hydrogen-bond acceptors (Lipinski definition) is 4. The first-order chi connectivity index (χ1) is 15.3. The van der Waals surface area contributed by atoms with Crippen LogP contribution in [0.25, 0.3) is 38.6 Å². The maximum atomic E-state index is 10.2. The number of methoxy groups -OCH3 is 1. The number of nitriles is 1. The molecule has 5 aromatic rings. The van der Waals surface area contributed by atoms with Crippen molar-refractivity contribution in [3.63, 3.8) is 0 Å².